The summed E-state index contributed by atoms with van der Waals surface area (Å²) in [5.41, 5.74) is 11.3. The van der Waals surface area contributed by atoms with Crippen LogP contribution in [0.3, 0.4) is 0 Å². The molecule has 0 aliphatic heterocycles. The van der Waals surface area contributed by atoms with Crippen molar-refractivity contribution in [2.24, 2.45) is 0 Å². The van der Waals surface area contributed by atoms with Gasteiger partial charge in [-0.25, -0.2) is 0 Å². The van der Waals surface area contributed by atoms with Crippen molar-refractivity contribution in [1.29, 1.82) is 0 Å². The molecule has 2 heterocycles. The van der Waals surface area contributed by atoms with E-state index in [0.717, 1.165) is 49.6 Å². The zero-order chi connectivity index (χ0) is 27.9. The van der Waals surface area contributed by atoms with E-state index < -0.39 is 0 Å². The summed E-state index contributed by atoms with van der Waals surface area (Å²) in [5.74, 6) is 0. The van der Waals surface area contributed by atoms with E-state index in [1.165, 1.54) is 27.5 Å². The number of aromatic nitrogens is 2. The highest BCUT2D eigenvalue weighted by Crippen LogP contribution is 2.37. The van der Waals surface area contributed by atoms with Crippen LogP contribution in [0.15, 0.2) is 158 Å². The molecule has 6 aromatic carbocycles. The fourth-order valence-corrected chi connectivity index (χ4v) is 6.00. The number of pyridine rings is 2. The average Bonchev–Trinajstić information content (AvgIpc) is 3.07. The van der Waals surface area contributed by atoms with Crippen molar-refractivity contribution in [3.63, 3.8) is 0 Å². The van der Waals surface area contributed by atoms with E-state index in [4.69, 9.17) is 9.97 Å². The van der Waals surface area contributed by atoms with Crippen LogP contribution in [0.2, 0.25) is 0 Å². The molecule has 2 heteroatoms. The molecule has 0 aliphatic rings. The van der Waals surface area contributed by atoms with Gasteiger partial charge in [0.15, 0.2) is 0 Å². The summed E-state index contributed by atoms with van der Waals surface area (Å²) >= 11 is 0. The highest BCUT2D eigenvalue weighted by molar-refractivity contribution is 5.99. The molecule has 2 nitrogen and oxygen atoms in total. The molecule has 8 aromatic rings. The van der Waals surface area contributed by atoms with Crippen molar-refractivity contribution in [3.05, 3.63) is 158 Å². The van der Waals surface area contributed by atoms with Gasteiger partial charge < -0.3 is 0 Å². The number of rotatable bonds is 4. The maximum absolute atomic E-state index is 4.77. The predicted octanol–water partition coefficient (Wildman–Crippen LogP) is 10.6. The van der Waals surface area contributed by atoms with Gasteiger partial charge in [0.05, 0.1) is 11.0 Å². The maximum atomic E-state index is 4.77. The Morgan fingerprint density at radius 3 is 1.38 bits per heavy atom. The van der Waals surface area contributed by atoms with Crippen molar-refractivity contribution >= 4 is 32.6 Å². The number of nitrogens with zero attached hydrogens (tertiary/aromatic N) is 2. The molecule has 0 bridgehead atoms. The van der Waals surface area contributed by atoms with E-state index in [1.54, 1.807) is 0 Å². The molecule has 0 N–H and O–H groups in total. The molecule has 0 spiro atoms. The summed E-state index contributed by atoms with van der Waals surface area (Å²) in [5, 5.41) is 4.78. The Hall–Kier alpha value is -5.60. The van der Waals surface area contributed by atoms with Crippen molar-refractivity contribution in [2.45, 2.75) is 0 Å². The van der Waals surface area contributed by atoms with E-state index in [2.05, 4.69) is 133 Å². The lowest BCUT2D eigenvalue weighted by Crippen LogP contribution is -1.90. The smallest absolute Gasteiger partial charge is 0.0780 e. The first-order valence-corrected chi connectivity index (χ1v) is 14.2. The van der Waals surface area contributed by atoms with Crippen molar-refractivity contribution in [1.82, 2.24) is 9.97 Å². The van der Waals surface area contributed by atoms with E-state index in [-0.39, 0.29) is 0 Å². The first-order valence-electron chi connectivity index (χ1n) is 14.2. The third-order valence-corrected chi connectivity index (χ3v) is 8.12. The lowest BCUT2D eigenvalue weighted by atomic mass is 9.91. The third-order valence-electron chi connectivity index (χ3n) is 8.12. The van der Waals surface area contributed by atoms with Crippen LogP contribution >= 0.6 is 0 Å². The van der Waals surface area contributed by atoms with Crippen molar-refractivity contribution in [3.8, 4) is 44.5 Å². The molecule has 42 heavy (non-hydrogen) atoms. The molecule has 0 radical (unpaired) electrons. The fourth-order valence-electron chi connectivity index (χ4n) is 6.00. The Morgan fingerprint density at radius 1 is 0.286 bits per heavy atom. The minimum absolute atomic E-state index is 1.01. The highest BCUT2D eigenvalue weighted by Gasteiger charge is 2.13. The van der Waals surface area contributed by atoms with E-state index >= 15 is 0 Å². The second-order valence-electron chi connectivity index (χ2n) is 10.7. The Kier molecular flexibility index (Phi) is 5.82. The fraction of sp³-hybridized carbons (Fsp3) is 0. The largest absolute Gasteiger partial charge is 0.256 e. The first kappa shape index (κ1) is 24.2. The lowest BCUT2D eigenvalue weighted by molar-refractivity contribution is 1.41. The van der Waals surface area contributed by atoms with Gasteiger partial charge in [-0.05, 0) is 80.6 Å². The summed E-state index contributed by atoms with van der Waals surface area (Å²) < 4.78 is 0. The van der Waals surface area contributed by atoms with Crippen LogP contribution in [-0.4, -0.2) is 9.97 Å². The summed E-state index contributed by atoms with van der Waals surface area (Å²) in [7, 11) is 0. The number of hydrogen-bond donors (Lipinski definition) is 0. The third kappa shape index (κ3) is 4.31. The molecular formula is C40H26N2. The second-order valence-corrected chi connectivity index (χ2v) is 10.7. The van der Waals surface area contributed by atoms with Gasteiger partial charge in [-0.1, -0.05) is 109 Å². The zero-order valence-corrected chi connectivity index (χ0v) is 22.9. The zero-order valence-electron chi connectivity index (χ0n) is 22.9. The molecular weight excluding hydrogens is 508 g/mol. The van der Waals surface area contributed by atoms with Gasteiger partial charge in [-0.2, -0.15) is 0 Å². The van der Waals surface area contributed by atoms with Gasteiger partial charge in [0.1, 0.15) is 0 Å². The molecule has 8 rings (SSSR count). The number of benzene rings is 6. The van der Waals surface area contributed by atoms with Gasteiger partial charge >= 0.3 is 0 Å². The van der Waals surface area contributed by atoms with Crippen molar-refractivity contribution in [2.75, 3.05) is 0 Å². The Morgan fingerprint density at radius 2 is 0.762 bits per heavy atom. The number of para-hydroxylation sites is 2. The maximum Gasteiger partial charge on any atom is 0.0780 e. The molecule has 0 atom stereocenters. The Balaban J connectivity index is 1.29. The monoisotopic (exact) mass is 534 g/mol. The predicted molar refractivity (Wildman–Crippen MR) is 176 cm³/mol. The van der Waals surface area contributed by atoms with Gasteiger partial charge in [0, 0.05) is 34.3 Å². The SMILES string of the molecule is c1ccc2cc(-c3ccc(-c4cc(-c5cccc6cccnc56)cc(-c5cccc6cccnc56)c4)cc3)ccc2c1. The molecule has 0 aliphatic carbocycles. The van der Waals surface area contributed by atoms with Crippen molar-refractivity contribution < 1.29 is 0 Å². The van der Waals surface area contributed by atoms with Crippen LogP contribution in [0.25, 0.3) is 77.1 Å². The standard InChI is InChI=1S/C40H26N2/c1-2-8-32-23-33(20-19-27(32)7-1)28-15-17-29(18-16-28)34-24-35(37-13-3-9-30-11-5-21-41-39(30)37)26-36(25-34)38-14-4-10-31-12-6-22-42-40(31)38/h1-26H. The number of hydrogen-bond acceptors (Lipinski definition) is 2. The van der Waals surface area contributed by atoms with Gasteiger partial charge in [0.2, 0.25) is 0 Å². The lowest BCUT2D eigenvalue weighted by Gasteiger charge is -2.14. The molecule has 0 fully saturated rings. The van der Waals surface area contributed by atoms with Crippen LogP contribution in [0, 0.1) is 0 Å². The quantitative estimate of drug-likeness (QED) is 0.224. The molecule has 0 saturated carbocycles. The molecule has 0 saturated heterocycles. The second kappa shape index (κ2) is 10.1. The summed E-state index contributed by atoms with van der Waals surface area (Å²) in [6, 6.07) is 52.0. The van der Waals surface area contributed by atoms with Crippen LogP contribution in [-0.2, 0) is 0 Å². The normalized spacial score (nSPS) is 11.3. The van der Waals surface area contributed by atoms with Crippen LogP contribution in [0.4, 0.5) is 0 Å². The minimum Gasteiger partial charge on any atom is -0.256 e. The van der Waals surface area contributed by atoms with Crippen LogP contribution in [0.1, 0.15) is 0 Å². The van der Waals surface area contributed by atoms with E-state index in [1.807, 2.05) is 24.5 Å². The Labute approximate surface area is 244 Å². The summed E-state index contributed by atoms with van der Waals surface area (Å²) in [6.07, 6.45) is 3.74. The van der Waals surface area contributed by atoms with E-state index in [0.29, 0.717) is 0 Å². The highest BCUT2D eigenvalue weighted by atomic mass is 14.7. The topological polar surface area (TPSA) is 25.8 Å². The average molecular weight is 535 g/mol. The molecule has 2 aromatic heterocycles. The van der Waals surface area contributed by atoms with Crippen LogP contribution < -0.4 is 0 Å². The first-order chi connectivity index (χ1) is 20.8. The Bertz CT molecular complexity index is 2140. The van der Waals surface area contributed by atoms with Crippen LogP contribution in [0.5, 0.6) is 0 Å². The molecule has 196 valence electrons. The van der Waals surface area contributed by atoms with E-state index in [9.17, 15) is 0 Å². The molecule has 0 unspecified atom stereocenters. The van der Waals surface area contributed by atoms with Gasteiger partial charge in [0.25, 0.3) is 0 Å². The van der Waals surface area contributed by atoms with Gasteiger partial charge in [-0.15, -0.1) is 0 Å². The molecule has 0 amide bonds. The summed E-state index contributed by atoms with van der Waals surface area (Å²) in [6.45, 7) is 0. The van der Waals surface area contributed by atoms with Gasteiger partial charge in [-0.3, -0.25) is 9.97 Å². The summed E-state index contributed by atoms with van der Waals surface area (Å²) in [4.78, 5) is 9.53. The minimum atomic E-state index is 1.01. The number of fused-ring (bicyclic) bond motifs is 3.